The molecule has 0 atom stereocenters. The van der Waals surface area contributed by atoms with Crippen LogP contribution in [0.15, 0.2) is 30.3 Å². The lowest BCUT2D eigenvalue weighted by molar-refractivity contribution is -0.138. The minimum atomic E-state index is -0.986. The van der Waals surface area contributed by atoms with Crippen LogP contribution in [0.5, 0.6) is 0 Å². The second kappa shape index (κ2) is 41.8. The molecule has 0 saturated heterocycles. The van der Waals surface area contributed by atoms with Crippen LogP contribution >= 0.6 is 0 Å². The molecule has 1 aromatic rings. The predicted octanol–water partition coefficient (Wildman–Crippen LogP) is 1.41. The van der Waals surface area contributed by atoms with Gasteiger partial charge in [-0.15, -0.1) is 0 Å². The maximum Gasteiger partial charge on any atom is 0.338 e. The number of carbonyl (C=O) groups is 3. The minimum Gasteiger partial charge on any atom is -0.481 e. The molecule has 0 spiro atoms. The Kier molecular flexibility index (Phi) is 38.2. The van der Waals surface area contributed by atoms with E-state index in [1.807, 2.05) is 6.07 Å². The molecular formula is C38H65NO17. The number of hydrogen-bond acceptors (Lipinski definition) is 16. The van der Waals surface area contributed by atoms with Gasteiger partial charge in [-0.3, -0.25) is 9.59 Å². The van der Waals surface area contributed by atoms with E-state index in [-0.39, 0.29) is 31.3 Å². The molecule has 324 valence electrons. The summed E-state index contributed by atoms with van der Waals surface area (Å²) in [5, 5.41) is 11.2. The molecule has 1 aromatic carbocycles. The van der Waals surface area contributed by atoms with E-state index in [0.29, 0.717) is 177 Å². The van der Waals surface area contributed by atoms with Crippen molar-refractivity contribution in [3.05, 3.63) is 35.9 Å². The van der Waals surface area contributed by atoms with Crippen molar-refractivity contribution < 1.29 is 81.1 Å². The van der Waals surface area contributed by atoms with Gasteiger partial charge in [0.05, 0.1) is 164 Å². The zero-order valence-corrected chi connectivity index (χ0v) is 32.9. The third-order valence-corrected chi connectivity index (χ3v) is 6.92. The molecule has 0 radical (unpaired) electrons. The SMILES string of the molecule is O=C(O)CCC(=O)NCCCOCCOCCOCCOCCOCCOCCOCCOCCOCCOCCOCCOCCOC(=O)c1ccccc1. The van der Waals surface area contributed by atoms with Crippen molar-refractivity contribution in [3.63, 3.8) is 0 Å². The number of esters is 1. The van der Waals surface area contributed by atoms with Crippen LogP contribution in [0, 0.1) is 0 Å². The highest BCUT2D eigenvalue weighted by Gasteiger charge is 2.06. The van der Waals surface area contributed by atoms with Crippen LogP contribution in [0.4, 0.5) is 0 Å². The minimum absolute atomic E-state index is 0.0149. The van der Waals surface area contributed by atoms with Gasteiger partial charge in [-0.1, -0.05) is 18.2 Å². The maximum atomic E-state index is 11.8. The highest BCUT2D eigenvalue weighted by molar-refractivity contribution is 5.89. The lowest BCUT2D eigenvalue weighted by Gasteiger charge is -2.09. The fourth-order valence-corrected chi connectivity index (χ4v) is 4.08. The van der Waals surface area contributed by atoms with Gasteiger partial charge < -0.3 is 72.0 Å². The molecular weight excluding hydrogens is 742 g/mol. The normalized spacial score (nSPS) is 11.2. The van der Waals surface area contributed by atoms with E-state index in [2.05, 4.69) is 5.32 Å². The van der Waals surface area contributed by atoms with Gasteiger partial charge in [-0.05, 0) is 18.6 Å². The summed E-state index contributed by atoms with van der Waals surface area (Å²) in [6.45, 7) is 11.6. The summed E-state index contributed by atoms with van der Waals surface area (Å²) in [7, 11) is 0. The number of benzene rings is 1. The predicted molar refractivity (Wildman–Crippen MR) is 201 cm³/mol. The first-order valence-electron chi connectivity index (χ1n) is 19.2. The van der Waals surface area contributed by atoms with Crippen molar-refractivity contribution in [2.75, 3.05) is 172 Å². The van der Waals surface area contributed by atoms with E-state index in [1.54, 1.807) is 24.3 Å². The number of aliphatic carboxylic acids is 1. The fourth-order valence-electron chi connectivity index (χ4n) is 4.08. The quantitative estimate of drug-likeness (QED) is 0.0707. The number of amides is 1. The largest absolute Gasteiger partial charge is 0.481 e. The van der Waals surface area contributed by atoms with Crippen LogP contribution in [0.25, 0.3) is 0 Å². The van der Waals surface area contributed by atoms with E-state index in [4.69, 9.17) is 66.7 Å². The van der Waals surface area contributed by atoms with E-state index >= 15 is 0 Å². The summed E-state index contributed by atoms with van der Waals surface area (Å²) in [5.41, 5.74) is 0.518. The number of carboxylic acid groups (broad SMARTS) is 1. The summed E-state index contributed by atoms with van der Waals surface area (Å²) >= 11 is 0. The second-order valence-corrected chi connectivity index (χ2v) is 11.4. The molecule has 0 aliphatic heterocycles. The van der Waals surface area contributed by atoms with Crippen LogP contribution in [-0.4, -0.2) is 195 Å². The molecule has 2 N–H and O–H groups in total. The molecule has 1 rings (SSSR count). The summed E-state index contributed by atoms with van der Waals surface area (Å²) in [4.78, 5) is 33.6. The fraction of sp³-hybridized carbons (Fsp3) is 0.763. The highest BCUT2D eigenvalue weighted by atomic mass is 16.6. The number of nitrogens with one attached hydrogen (secondary N) is 1. The van der Waals surface area contributed by atoms with Crippen molar-refractivity contribution in [1.82, 2.24) is 5.32 Å². The van der Waals surface area contributed by atoms with Crippen molar-refractivity contribution in [2.24, 2.45) is 0 Å². The standard InChI is InChI=1S/C38H65NO17/c40-36(7-8-37(41)42)39-9-4-10-44-11-12-45-13-14-46-15-16-47-17-18-48-19-20-49-21-22-50-23-24-51-25-26-52-27-28-53-29-30-54-31-32-55-33-34-56-38(43)35-5-2-1-3-6-35/h1-3,5-6H,4,7-34H2,(H,39,40)(H,41,42). The molecule has 0 heterocycles. The van der Waals surface area contributed by atoms with Crippen molar-refractivity contribution in [3.8, 4) is 0 Å². The first kappa shape index (κ1) is 51.2. The van der Waals surface area contributed by atoms with E-state index < -0.39 is 5.97 Å². The molecule has 18 heteroatoms. The van der Waals surface area contributed by atoms with Gasteiger partial charge in [0.1, 0.15) is 6.61 Å². The van der Waals surface area contributed by atoms with Crippen LogP contribution < -0.4 is 5.32 Å². The van der Waals surface area contributed by atoms with Crippen LogP contribution in [0.1, 0.15) is 29.6 Å². The Morgan fingerprint density at radius 2 is 0.714 bits per heavy atom. The van der Waals surface area contributed by atoms with Gasteiger partial charge in [0.15, 0.2) is 0 Å². The molecule has 18 nitrogen and oxygen atoms in total. The zero-order chi connectivity index (χ0) is 40.3. The Bertz CT molecular complexity index is 1020. The highest BCUT2D eigenvalue weighted by Crippen LogP contribution is 2.00. The molecule has 0 unspecified atom stereocenters. The molecule has 0 saturated carbocycles. The maximum absolute atomic E-state index is 11.8. The Hall–Kier alpha value is -2.85. The molecule has 0 bridgehead atoms. The topological polar surface area (TPSA) is 203 Å². The third-order valence-electron chi connectivity index (χ3n) is 6.92. The average Bonchev–Trinajstić information content (AvgIpc) is 3.20. The van der Waals surface area contributed by atoms with Gasteiger partial charge in [0, 0.05) is 19.6 Å². The molecule has 0 aromatic heterocycles. The summed E-state index contributed by atoms with van der Waals surface area (Å²) in [6, 6.07) is 8.83. The summed E-state index contributed by atoms with van der Waals surface area (Å²) in [6.07, 6.45) is 0.462. The van der Waals surface area contributed by atoms with Crippen LogP contribution in [-0.2, 0) is 71.2 Å². The first-order valence-corrected chi connectivity index (χ1v) is 19.2. The van der Waals surface area contributed by atoms with Gasteiger partial charge >= 0.3 is 11.9 Å². The van der Waals surface area contributed by atoms with Crippen molar-refractivity contribution in [2.45, 2.75) is 19.3 Å². The van der Waals surface area contributed by atoms with Crippen LogP contribution in [0.3, 0.4) is 0 Å². The first-order chi connectivity index (χ1) is 27.6. The summed E-state index contributed by atoms with van der Waals surface area (Å²) in [5.74, 6) is -1.62. The molecule has 0 fully saturated rings. The number of rotatable bonds is 44. The Labute approximate surface area is 330 Å². The lowest BCUT2D eigenvalue weighted by Crippen LogP contribution is -2.25. The second-order valence-electron chi connectivity index (χ2n) is 11.4. The number of carbonyl (C=O) groups excluding carboxylic acids is 2. The van der Waals surface area contributed by atoms with Gasteiger partial charge in [0.2, 0.25) is 5.91 Å². The zero-order valence-electron chi connectivity index (χ0n) is 32.9. The van der Waals surface area contributed by atoms with Crippen LogP contribution in [0.2, 0.25) is 0 Å². The Morgan fingerprint density at radius 3 is 1.04 bits per heavy atom. The van der Waals surface area contributed by atoms with Gasteiger partial charge in [0.25, 0.3) is 0 Å². The van der Waals surface area contributed by atoms with Crippen molar-refractivity contribution in [1.29, 1.82) is 0 Å². The van der Waals surface area contributed by atoms with E-state index in [0.717, 1.165) is 0 Å². The van der Waals surface area contributed by atoms with Gasteiger partial charge in [-0.25, -0.2) is 4.79 Å². The smallest absolute Gasteiger partial charge is 0.338 e. The van der Waals surface area contributed by atoms with E-state index in [9.17, 15) is 14.4 Å². The summed E-state index contributed by atoms with van der Waals surface area (Å²) < 4.78 is 70.6. The molecule has 56 heavy (non-hydrogen) atoms. The number of hydrogen-bond donors (Lipinski definition) is 2. The third kappa shape index (κ3) is 38.0. The average molecular weight is 808 g/mol. The van der Waals surface area contributed by atoms with E-state index in [1.165, 1.54) is 0 Å². The molecule has 0 aliphatic carbocycles. The number of carboxylic acids is 1. The molecule has 1 amide bonds. The monoisotopic (exact) mass is 807 g/mol. The van der Waals surface area contributed by atoms with Gasteiger partial charge in [-0.2, -0.15) is 0 Å². The molecule has 0 aliphatic rings. The Balaban J connectivity index is 1.63. The Morgan fingerprint density at radius 1 is 0.411 bits per heavy atom. The number of ether oxygens (including phenoxy) is 13. The van der Waals surface area contributed by atoms with Crippen molar-refractivity contribution >= 4 is 17.8 Å². The lowest BCUT2D eigenvalue weighted by atomic mass is 10.2.